The van der Waals surface area contributed by atoms with Crippen molar-refractivity contribution in [1.82, 2.24) is 0 Å². The second kappa shape index (κ2) is 6.32. The van der Waals surface area contributed by atoms with Crippen LogP contribution in [0, 0.1) is 5.41 Å². The molecule has 1 aromatic carbocycles. The van der Waals surface area contributed by atoms with Crippen LogP contribution in [0.3, 0.4) is 0 Å². The third-order valence-electron chi connectivity index (χ3n) is 5.87. The summed E-state index contributed by atoms with van der Waals surface area (Å²) in [4.78, 5) is 13.9. The van der Waals surface area contributed by atoms with Crippen molar-refractivity contribution in [2.24, 2.45) is 5.41 Å². The van der Waals surface area contributed by atoms with E-state index in [1.807, 2.05) is 18.2 Å². The Morgan fingerprint density at radius 1 is 1.08 bits per heavy atom. The SMILES string of the molecule is C[C@]12CCC(=O)C(CSc3ccccc3)=C1CCCC21OCCO1. The van der Waals surface area contributed by atoms with Crippen LogP contribution in [0.15, 0.2) is 46.4 Å². The largest absolute Gasteiger partial charge is 0.347 e. The highest BCUT2D eigenvalue weighted by atomic mass is 32.2. The number of carbonyl (C=O) groups excluding carboxylic acids is 1. The Morgan fingerprint density at radius 3 is 2.58 bits per heavy atom. The summed E-state index contributed by atoms with van der Waals surface area (Å²) in [6, 6.07) is 10.3. The molecule has 2 aliphatic carbocycles. The quantitative estimate of drug-likeness (QED) is 0.763. The lowest BCUT2D eigenvalue weighted by Crippen LogP contribution is -2.53. The number of ether oxygens (including phenoxy) is 2. The molecule has 0 amide bonds. The van der Waals surface area contributed by atoms with Crippen LogP contribution in [0.25, 0.3) is 0 Å². The van der Waals surface area contributed by atoms with E-state index >= 15 is 0 Å². The molecule has 1 aromatic rings. The lowest BCUT2D eigenvalue weighted by molar-refractivity contribution is -0.237. The minimum Gasteiger partial charge on any atom is -0.347 e. The molecule has 2 fully saturated rings. The Morgan fingerprint density at radius 2 is 1.83 bits per heavy atom. The van der Waals surface area contributed by atoms with Gasteiger partial charge in [0.05, 0.1) is 13.2 Å². The number of fused-ring (bicyclic) bond motifs is 2. The number of rotatable bonds is 3. The predicted molar refractivity (Wildman–Crippen MR) is 95.0 cm³/mol. The molecule has 0 N–H and O–H groups in total. The van der Waals surface area contributed by atoms with Gasteiger partial charge >= 0.3 is 0 Å². The molecular formula is C20H24O3S. The third-order valence-corrected chi connectivity index (χ3v) is 6.91. The standard InChI is InChI=1S/C20H24O3S/c1-19-11-9-18(21)16(14-24-15-6-3-2-4-7-15)17(19)8-5-10-20(19)22-12-13-23-20/h2-4,6-7H,5,8-14H2,1H3/t19-/m0/s1. The number of hydrogen-bond acceptors (Lipinski definition) is 4. The number of ketones is 1. The van der Waals surface area contributed by atoms with Crippen molar-refractivity contribution < 1.29 is 14.3 Å². The average molecular weight is 344 g/mol. The molecule has 3 aliphatic rings. The van der Waals surface area contributed by atoms with Crippen LogP contribution in [0.5, 0.6) is 0 Å². The van der Waals surface area contributed by atoms with E-state index in [0.29, 0.717) is 25.4 Å². The van der Waals surface area contributed by atoms with Crippen LogP contribution in [0.2, 0.25) is 0 Å². The fourth-order valence-electron chi connectivity index (χ4n) is 4.54. The second-order valence-corrected chi connectivity index (χ2v) is 8.17. The van der Waals surface area contributed by atoms with Crippen LogP contribution < -0.4 is 0 Å². The smallest absolute Gasteiger partial charge is 0.177 e. The number of benzene rings is 1. The first-order valence-electron chi connectivity index (χ1n) is 8.86. The first-order valence-corrected chi connectivity index (χ1v) is 9.85. The monoisotopic (exact) mass is 344 g/mol. The molecule has 1 spiro atoms. The Kier molecular flexibility index (Phi) is 4.31. The fraction of sp³-hybridized carbons (Fsp3) is 0.550. The number of Topliss-reactive ketones (excluding diaryl/α,β-unsaturated/α-hetero) is 1. The lowest BCUT2D eigenvalue weighted by atomic mass is 9.60. The van der Waals surface area contributed by atoms with E-state index in [1.54, 1.807) is 11.8 Å². The fourth-order valence-corrected chi connectivity index (χ4v) is 5.54. The molecular weight excluding hydrogens is 320 g/mol. The predicted octanol–water partition coefficient (Wildman–Crippen LogP) is 4.37. The van der Waals surface area contributed by atoms with Crippen molar-refractivity contribution in [2.45, 2.75) is 49.7 Å². The number of thioether (sulfide) groups is 1. The van der Waals surface area contributed by atoms with Crippen molar-refractivity contribution in [3.05, 3.63) is 41.5 Å². The molecule has 1 aliphatic heterocycles. The first kappa shape index (κ1) is 16.4. The van der Waals surface area contributed by atoms with Gasteiger partial charge in [0.25, 0.3) is 0 Å². The Labute approximate surface area is 147 Å². The maximum absolute atomic E-state index is 12.7. The molecule has 3 nitrogen and oxygen atoms in total. The van der Waals surface area contributed by atoms with Crippen LogP contribution in [-0.4, -0.2) is 30.5 Å². The van der Waals surface area contributed by atoms with Gasteiger partial charge in [0.15, 0.2) is 11.6 Å². The van der Waals surface area contributed by atoms with E-state index in [1.165, 1.54) is 10.5 Å². The van der Waals surface area contributed by atoms with Gasteiger partial charge in [-0.05, 0) is 31.4 Å². The summed E-state index contributed by atoms with van der Waals surface area (Å²) in [5, 5.41) is 0. The van der Waals surface area contributed by atoms with E-state index in [0.717, 1.165) is 37.0 Å². The van der Waals surface area contributed by atoms with Crippen molar-refractivity contribution in [3.63, 3.8) is 0 Å². The molecule has 1 saturated heterocycles. The molecule has 128 valence electrons. The molecule has 0 bridgehead atoms. The van der Waals surface area contributed by atoms with E-state index in [9.17, 15) is 4.79 Å². The van der Waals surface area contributed by atoms with Gasteiger partial charge in [0.2, 0.25) is 0 Å². The van der Waals surface area contributed by atoms with Gasteiger partial charge in [0.1, 0.15) is 0 Å². The summed E-state index contributed by atoms with van der Waals surface area (Å²) < 4.78 is 12.3. The third kappa shape index (κ3) is 2.56. The maximum atomic E-state index is 12.7. The van der Waals surface area contributed by atoms with Crippen molar-refractivity contribution in [2.75, 3.05) is 19.0 Å². The maximum Gasteiger partial charge on any atom is 0.177 e. The van der Waals surface area contributed by atoms with Gasteiger partial charge in [-0.1, -0.05) is 30.7 Å². The molecule has 24 heavy (non-hydrogen) atoms. The van der Waals surface area contributed by atoms with Crippen molar-refractivity contribution in [3.8, 4) is 0 Å². The Balaban J connectivity index is 1.66. The first-order chi connectivity index (χ1) is 11.6. The molecule has 0 unspecified atom stereocenters. The van der Waals surface area contributed by atoms with Crippen molar-refractivity contribution >= 4 is 17.5 Å². The van der Waals surface area contributed by atoms with Crippen LogP contribution >= 0.6 is 11.8 Å². The molecule has 1 saturated carbocycles. The Hall–Kier alpha value is -1.10. The van der Waals surface area contributed by atoms with Gasteiger partial charge in [0, 0.05) is 34.5 Å². The summed E-state index contributed by atoms with van der Waals surface area (Å²) in [6.07, 6.45) is 4.44. The minimum atomic E-state index is -0.496. The summed E-state index contributed by atoms with van der Waals surface area (Å²) >= 11 is 1.76. The van der Waals surface area contributed by atoms with Crippen LogP contribution in [0.4, 0.5) is 0 Å². The second-order valence-electron chi connectivity index (χ2n) is 7.12. The highest BCUT2D eigenvalue weighted by Gasteiger charge is 2.58. The van der Waals surface area contributed by atoms with Gasteiger partial charge in [-0.2, -0.15) is 0 Å². The number of carbonyl (C=O) groups is 1. The molecule has 4 rings (SSSR count). The van der Waals surface area contributed by atoms with Crippen LogP contribution in [-0.2, 0) is 14.3 Å². The summed E-state index contributed by atoms with van der Waals surface area (Å²) in [7, 11) is 0. The van der Waals surface area contributed by atoms with E-state index in [2.05, 4.69) is 19.1 Å². The minimum absolute atomic E-state index is 0.151. The topological polar surface area (TPSA) is 35.5 Å². The molecule has 4 heteroatoms. The molecule has 1 heterocycles. The van der Waals surface area contributed by atoms with Crippen molar-refractivity contribution in [1.29, 1.82) is 0 Å². The highest BCUT2D eigenvalue weighted by Crippen LogP contribution is 2.57. The zero-order valence-electron chi connectivity index (χ0n) is 14.2. The number of hydrogen-bond donors (Lipinski definition) is 0. The zero-order valence-corrected chi connectivity index (χ0v) is 15.0. The highest BCUT2D eigenvalue weighted by molar-refractivity contribution is 7.99. The molecule has 0 aromatic heterocycles. The van der Waals surface area contributed by atoms with Gasteiger partial charge in [-0.3, -0.25) is 4.79 Å². The Bertz CT molecular complexity index is 661. The zero-order chi connectivity index (χ0) is 16.6. The van der Waals surface area contributed by atoms with Crippen LogP contribution in [0.1, 0.15) is 39.0 Å². The molecule has 0 radical (unpaired) electrons. The van der Waals surface area contributed by atoms with Gasteiger partial charge in [-0.15, -0.1) is 11.8 Å². The van der Waals surface area contributed by atoms with Gasteiger partial charge in [-0.25, -0.2) is 0 Å². The summed E-state index contributed by atoms with van der Waals surface area (Å²) in [6.45, 7) is 3.60. The molecule has 1 atom stereocenters. The van der Waals surface area contributed by atoms with E-state index in [4.69, 9.17) is 9.47 Å². The van der Waals surface area contributed by atoms with Gasteiger partial charge < -0.3 is 9.47 Å². The normalized spacial score (nSPS) is 29.1. The van der Waals surface area contributed by atoms with E-state index < -0.39 is 5.79 Å². The lowest BCUT2D eigenvalue weighted by Gasteiger charge is -2.52. The van der Waals surface area contributed by atoms with E-state index in [-0.39, 0.29) is 5.41 Å². The average Bonchev–Trinajstić information content (AvgIpc) is 3.07. The summed E-state index contributed by atoms with van der Waals surface area (Å²) in [5.41, 5.74) is 2.17. The summed E-state index contributed by atoms with van der Waals surface area (Å²) in [5.74, 6) is 0.578.